The minimum absolute atomic E-state index is 0.238. The lowest BCUT2D eigenvalue weighted by atomic mass is 10.2. The van der Waals surface area contributed by atoms with E-state index in [1.807, 2.05) is 6.07 Å². The number of hydrogen-bond donors (Lipinski definition) is 0. The van der Waals surface area contributed by atoms with Crippen molar-refractivity contribution < 1.29 is 8.95 Å². The van der Waals surface area contributed by atoms with Gasteiger partial charge in [0.05, 0.1) is 24.0 Å². The number of morpholine rings is 1. The maximum atomic E-state index is 11.9. The van der Waals surface area contributed by atoms with Crippen molar-refractivity contribution in [1.82, 2.24) is 9.97 Å². The van der Waals surface area contributed by atoms with Crippen LogP contribution in [0.1, 0.15) is 18.5 Å². The zero-order valence-corrected chi connectivity index (χ0v) is 12.5. The monoisotopic (exact) mass is 302 g/mol. The second kappa shape index (κ2) is 5.00. The molecule has 2 heterocycles. The highest BCUT2D eigenvalue weighted by Crippen LogP contribution is 2.50. The number of hydrogen-bond acceptors (Lipinski definition) is 5. The summed E-state index contributed by atoms with van der Waals surface area (Å²) in [7, 11) is -1.29. The van der Waals surface area contributed by atoms with Crippen LogP contribution in [0.4, 0.5) is 5.82 Å². The molecule has 2 aliphatic rings. The van der Waals surface area contributed by atoms with Crippen molar-refractivity contribution in [3.8, 4) is 0 Å². The zero-order valence-electron chi connectivity index (χ0n) is 10.8. The summed E-state index contributed by atoms with van der Waals surface area (Å²) in [6.45, 7) is 3.00. The van der Waals surface area contributed by atoms with Crippen LogP contribution in [0.3, 0.4) is 0 Å². The van der Waals surface area contributed by atoms with Gasteiger partial charge >= 0.3 is 0 Å². The summed E-state index contributed by atoms with van der Waals surface area (Å²) in [6.07, 6.45) is 3.62. The second-order valence-electron chi connectivity index (χ2n) is 5.01. The van der Waals surface area contributed by atoms with Gasteiger partial charge < -0.3 is 9.64 Å². The first-order chi connectivity index (χ1) is 9.12. The highest BCUT2D eigenvalue weighted by Gasteiger charge is 2.55. The van der Waals surface area contributed by atoms with Gasteiger partial charge in [-0.25, -0.2) is 9.97 Å². The Morgan fingerprint density at radius 1 is 1.37 bits per heavy atom. The second-order valence-corrected chi connectivity index (χ2v) is 7.20. The minimum atomic E-state index is -1.29. The molecule has 1 saturated heterocycles. The molecule has 1 saturated carbocycles. The fraction of sp³-hybridized carbons (Fsp3) is 0.667. The summed E-state index contributed by atoms with van der Waals surface area (Å²) in [5.74, 6) is 0.821. The average molecular weight is 303 g/mol. The number of rotatable bonds is 3. The smallest absolute Gasteiger partial charge is 0.224 e. The van der Waals surface area contributed by atoms with Crippen molar-refractivity contribution in [2.75, 3.05) is 37.5 Å². The number of nitrogens with zero attached hydrogens (tertiary/aromatic N) is 3. The van der Waals surface area contributed by atoms with E-state index in [0.29, 0.717) is 13.2 Å². The van der Waals surface area contributed by atoms with E-state index >= 15 is 0 Å². The van der Waals surface area contributed by atoms with E-state index in [0.717, 1.165) is 37.4 Å². The molecule has 2 fully saturated rings. The maximum absolute atomic E-state index is 11.9. The van der Waals surface area contributed by atoms with Crippen molar-refractivity contribution in [2.45, 2.75) is 17.6 Å². The highest BCUT2D eigenvalue weighted by atomic mass is 35.5. The molecule has 1 aromatic rings. The predicted octanol–water partition coefficient (Wildman–Crippen LogP) is 1.28. The Bertz CT molecular complexity index is 516. The van der Waals surface area contributed by atoms with E-state index in [-0.39, 0.29) is 10.0 Å². The number of ether oxygens (including phenoxy) is 1. The van der Waals surface area contributed by atoms with Gasteiger partial charge in [-0.1, -0.05) is 0 Å². The molecule has 7 heteroatoms. The number of aromatic nitrogens is 2. The van der Waals surface area contributed by atoms with Crippen molar-refractivity contribution in [1.29, 1.82) is 0 Å². The Kier molecular flexibility index (Phi) is 3.49. The minimum Gasteiger partial charge on any atom is -0.378 e. The molecule has 1 aromatic heterocycles. The average Bonchev–Trinajstić information content (AvgIpc) is 3.20. The fourth-order valence-corrected chi connectivity index (χ4v) is 3.81. The van der Waals surface area contributed by atoms with Crippen LogP contribution in [0.5, 0.6) is 0 Å². The van der Waals surface area contributed by atoms with Crippen molar-refractivity contribution in [3.63, 3.8) is 0 Å². The lowest BCUT2D eigenvalue weighted by molar-refractivity contribution is 0.122. The Morgan fingerprint density at radius 3 is 2.63 bits per heavy atom. The van der Waals surface area contributed by atoms with Crippen LogP contribution in [-0.2, 0) is 24.5 Å². The molecule has 0 aromatic carbocycles. The molecule has 0 radical (unpaired) electrons. The number of thiol groups is 1. The van der Waals surface area contributed by atoms with Gasteiger partial charge in [0.2, 0.25) is 5.28 Å². The van der Waals surface area contributed by atoms with Crippen LogP contribution in [0.25, 0.3) is 0 Å². The first kappa shape index (κ1) is 13.3. The molecule has 1 unspecified atom stereocenters. The van der Waals surface area contributed by atoms with E-state index in [2.05, 4.69) is 14.9 Å². The zero-order chi connectivity index (χ0) is 13.5. The molecular formula is C12H17ClN3O2S+. The van der Waals surface area contributed by atoms with Crippen LogP contribution >= 0.6 is 11.6 Å². The normalized spacial score (nSPS) is 23.2. The highest BCUT2D eigenvalue weighted by molar-refractivity contribution is 7.85. The van der Waals surface area contributed by atoms with E-state index in [9.17, 15) is 4.21 Å². The van der Waals surface area contributed by atoms with Gasteiger partial charge in [0.25, 0.3) is 0 Å². The Balaban J connectivity index is 1.94. The van der Waals surface area contributed by atoms with Crippen LogP contribution < -0.4 is 4.90 Å². The lowest BCUT2D eigenvalue weighted by Crippen LogP contribution is -2.37. The Labute approximate surface area is 119 Å². The molecule has 0 spiro atoms. The predicted molar refractivity (Wildman–Crippen MR) is 76.4 cm³/mol. The molecule has 1 aliphatic carbocycles. The van der Waals surface area contributed by atoms with Gasteiger partial charge in [0.15, 0.2) is 4.75 Å². The molecule has 0 amide bonds. The van der Waals surface area contributed by atoms with Crippen LogP contribution in [-0.4, -0.2) is 42.5 Å². The molecule has 1 aliphatic heterocycles. The van der Waals surface area contributed by atoms with Gasteiger partial charge in [-0.2, -0.15) is 0 Å². The van der Waals surface area contributed by atoms with E-state index in [4.69, 9.17) is 16.3 Å². The Hall–Kier alpha value is -0.720. The van der Waals surface area contributed by atoms with E-state index in [1.165, 1.54) is 0 Å². The topological polar surface area (TPSA) is 55.3 Å². The summed E-state index contributed by atoms with van der Waals surface area (Å²) in [6, 6.07) is 1.95. The summed E-state index contributed by atoms with van der Waals surface area (Å²) in [4.78, 5) is 10.7. The SMILES string of the molecule is C[SH+](=O)C1(c2cc(N3CCOCC3)nc(Cl)n2)CC1. The summed E-state index contributed by atoms with van der Waals surface area (Å²) in [5, 5.41) is 0.238. The molecule has 5 nitrogen and oxygen atoms in total. The molecule has 19 heavy (non-hydrogen) atoms. The van der Waals surface area contributed by atoms with E-state index < -0.39 is 10.8 Å². The molecule has 1 atom stereocenters. The van der Waals surface area contributed by atoms with Crippen LogP contribution in [0, 0.1) is 0 Å². The van der Waals surface area contributed by atoms with Gasteiger partial charge in [0.1, 0.15) is 17.8 Å². The third-order valence-corrected chi connectivity index (χ3v) is 5.87. The first-order valence-electron chi connectivity index (χ1n) is 6.40. The molecular weight excluding hydrogens is 286 g/mol. The summed E-state index contributed by atoms with van der Waals surface area (Å²) in [5.41, 5.74) is 0.831. The van der Waals surface area contributed by atoms with Gasteiger partial charge in [-0.3, -0.25) is 0 Å². The molecule has 0 bridgehead atoms. The maximum Gasteiger partial charge on any atom is 0.224 e. The van der Waals surface area contributed by atoms with E-state index in [1.54, 1.807) is 6.26 Å². The number of anilines is 1. The van der Waals surface area contributed by atoms with Crippen molar-refractivity contribution in [2.24, 2.45) is 0 Å². The molecule has 104 valence electrons. The van der Waals surface area contributed by atoms with Crippen molar-refractivity contribution >= 4 is 28.2 Å². The largest absolute Gasteiger partial charge is 0.378 e. The van der Waals surface area contributed by atoms with Gasteiger partial charge in [0, 0.05) is 32.0 Å². The quantitative estimate of drug-likeness (QED) is 0.478. The van der Waals surface area contributed by atoms with Crippen molar-refractivity contribution in [3.05, 3.63) is 17.0 Å². The molecule has 0 N–H and O–H groups in total. The van der Waals surface area contributed by atoms with Crippen LogP contribution in [0.15, 0.2) is 6.07 Å². The van der Waals surface area contributed by atoms with Crippen LogP contribution in [0.2, 0.25) is 5.28 Å². The first-order valence-corrected chi connectivity index (χ1v) is 8.49. The number of halogens is 1. The lowest BCUT2D eigenvalue weighted by Gasteiger charge is -2.28. The fourth-order valence-electron chi connectivity index (χ4n) is 2.45. The Morgan fingerprint density at radius 2 is 2.05 bits per heavy atom. The standard InChI is InChI=1S/C12H16ClN3O2S/c1-19(17)12(2-3-12)9-8-10(15-11(13)14-9)16-4-6-18-7-5-16/h8H,2-7H2,1H3/p+1. The third kappa shape index (κ3) is 2.49. The third-order valence-electron chi connectivity index (χ3n) is 3.82. The van der Waals surface area contributed by atoms with Gasteiger partial charge in [-0.05, 0) is 11.6 Å². The molecule has 3 rings (SSSR count). The van der Waals surface area contributed by atoms with Gasteiger partial charge in [-0.15, -0.1) is 4.21 Å². The summed E-state index contributed by atoms with van der Waals surface area (Å²) < 4.78 is 17.0. The summed E-state index contributed by atoms with van der Waals surface area (Å²) >= 11 is 6.03.